The summed E-state index contributed by atoms with van der Waals surface area (Å²) in [6.07, 6.45) is 1.08. The number of aliphatic hydroxyl groups is 1. The zero-order valence-electron chi connectivity index (χ0n) is 11.2. The summed E-state index contributed by atoms with van der Waals surface area (Å²) < 4.78 is 0. The Hall–Kier alpha value is -0.650. The van der Waals surface area contributed by atoms with Gasteiger partial charge in [-0.1, -0.05) is 0 Å². The van der Waals surface area contributed by atoms with Gasteiger partial charge in [-0.15, -0.1) is 0 Å². The van der Waals surface area contributed by atoms with Crippen LogP contribution in [0.25, 0.3) is 0 Å². The quantitative estimate of drug-likeness (QED) is 0.700. The number of rotatable bonds is 4. The number of amides is 1. The van der Waals surface area contributed by atoms with Crippen LogP contribution in [0.3, 0.4) is 0 Å². The first-order chi connectivity index (χ1) is 7.97. The highest BCUT2D eigenvalue weighted by atomic mass is 16.3. The fourth-order valence-electron chi connectivity index (χ4n) is 1.80. The van der Waals surface area contributed by atoms with Crippen molar-refractivity contribution in [2.45, 2.75) is 25.8 Å². The first kappa shape index (κ1) is 14.4. The molecule has 100 valence electrons. The van der Waals surface area contributed by atoms with Gasteiger partial charge in [0.2, 0.25) is 5.91 Å². The van der Waals surface area contributed by atoms with Crippen LogP contribution in [0.5, 0.6) is 0 Å². The lowest BCUT2D eigenvalue weighted by molar-refractivity contribution is -0.137. The monoisotopic (exact) mass is 243 g/mol. The molecule has 0 unspecified atom stereocenters. The van der Waals surface area contributed by atoms with E-state index in [4.69, 9.17) is 0 Å². The summed E-state index contributed by atoms with van der Waals surface area (Å²) >= 11 is 0. The minimum atomic E-state index is -0.485. The summed E-state index contributed by atoms with van der Waals surface area (Å²) in [6.45, 7) is 8.02. The van der Waals surface area contributed by atoms with Gasteiger partial charge in [-0.3, -0.25) is 9.69 Å². The maximum atomic E-state index is 12.1. The summed E-state index contributed by atoms with van der Waals surface area (Å²) in [5.74, 6) is 0.0750. The largest absolute Gasteiger partial charge is 0.394 e. The number of carbonyl (C=O) groups is 1. The van der Waals surface area contributed by atoms with Crippen LogP contribution in [0.4, 0.5) is 0 Å². The Morgan fingerprint density at radius 3 is 2.76 bits per heavy atom. The van der Waals surface area contributed by atoms with Crippen LogP contribution in [0, 0.1) is 0 Å². The lowest BCUT2D eigenvalue weighted by atomic mass is 10.1. The number of likely N-dealkylation sites (N-methyl/N-ethyl adjacent to an activating group) is 1. The minimum absolute atomic E-state index is 0.0171. The second-order valence-corrected chi connectivity index (χ2v) is 5.30. The number of carbonyl (C=O) groups excluding carboxylic acids is 1. The van der Waals surface area contributed by atoms with E-state index in [0.717, 1.165) is 32.6 Å². The van der Waals surface area contributed by atoms with Gasteiger partial charge < -0.3 is 15.3 Å². The Labute approximate surface area is 104 Å². The van der Waals surface area contributed by atoms with Crippen molar-refractivity contribution < 1.29 is 9.90 Å². The number of nitrogens with one attached hydrogen (secondary N) is 1. The maximum absolute atomic E-state index is 12.1. The summed E-state index contributed by atoms with van der Waals surface area (Å²) in [4.78, 5) is 15.9. The molecular formula is C12H25N3O2. The van der Waals surface area contributed by atoms with E-state index >= 15 is 0 Å². The zero-order chi connectivity index (χ0) is 12.9. The Bertz CT molecular complexity index is 248. The number of nitrogens with zero attached hydrogens (tertiary/aromatic N) is 2. The smallest absolute Gasteiger partial charge is 0.237 e. The Morgan fingerprint density at radius 2 is 2.12 bits per heavy atom. The standard InChI is InChI=1S/C12H25N3O2/c1-12(2,10-16)14(3)11(17)9-15-7-4-5-13-6-8-15/h13,16H,4-10H2,1-3H3. The Kier molecular flexibility index (Phi) is 5.36. The van der Waals surface area contributed by atoms with Gasteiger partial charge in [-0.05, 0) is 33.4 Å². The molecular weight excluding hydrogens is 218 g/mol. The molecule has 2 N–H and O–H groups in total. The van der Waals surface area contributed by atoms with Crippen molar-refractivity contribution >= 4 is 5.91 Å². The molecule has 0 atom stereocenters. The SMILES string of the molecule is CN(C(=O)CN1CCCNCC1)C(C)(C)CO. The summed E-state index contributed by atoms with van der Waals surface area (Å²) in [5, 5.41) is 12.6. The molecule has 1 amide bonds. The van der Waals surface area contributed by atoms with Gasteiger partial charge in [0, 0.05) is 20.1 Å². The predicted octanol–water partition coefficient (Wildman–Crippen LogP) is -0.489. The van der Waals surface area contributed by atoms with E-state index in [1.165, 1.54) is 0 Å². The topological polar surface area (TPSA) is 55.8 Å². The van der Waals surface area contributed by atoms with Crippen molar-refractivity contribution in [1.82, 2.24) is 15.1 Å². The highest BCUT2D eigenvalue weighted by Gasteiger charge is 2.27. The van der Waals surface area contributed by atoms with Crippen molar-refractivity contribution in [2.24, 2.45) is 0 Å². The highest BCUT2D eigenvalue weighted by molar-refractivity contribution is 5.78. The van der Waals surface area contributed by atoms with Crippen LogP contribution in [0.15, 0.2) is 0 Å². The summed E-state index contributed by atoms with van der Waals surface area (Å²) in [5.41, 5.74) is -0.485. The molecule has 0 radical (unpaired) electrons. The molecule has 0 aliphatic carbocycles. The van der Waals surface area contributed by atoms with E-state index in [1.807, 2.05) is 13.8 Å². The molecule has 0 bridgehead atoms. The van der Waals surface area contributed by atoms with Crippen LogP contribution in [-0.2, 0) is 4.79 Å². The molecule has 0 aromatic heterocycles. The van der Waals surface area contributed by atoms with Crippen LogP contribution in [-0.4, -0.2) is 72.7 Å². The molecule has 5 heteroatoms. The Morgan fingerprint density at radius 1 is 1.41 bits per heavy atom. The molecule has 1 heterocycles. The van der Waals surface area contributed by atoms with Crippen molar-refractivity contribution in [3.05, 3.63) is 0 Å². The molecule has 1 aliphatic rings. The average molecular weight is 243 g/mol. The fourth-order valence-corrected chi connectivity index (χ4v) is 1.80. The molecule has 5 nitrogen and oxygen atoms in total. The van der Waals surface area contributed by atoms with Gasteiger partial charge in [-0.2, -0.15) is 0 Å². The molecule has 0 aromatic carbocycles. The van der Waals surface area contributed by atoms with Crippen molar-refractivity contribution in [1.29, 1.82) is 0 Å². The van der Waals surface area contributed by atoms with Crippen LogP contribution in [0.1, 0.15) is 20.3 Å². The summed E-state index contributed by atoms with van der Waals surface area (Å²) in [6, 6.07) is 0. The lowest BCUT2D eigenvalue weighted by Gasteiger charge is -2.35. The van der Waals surface area contributed by atoms with E-state index in [1.54, 1.807) is 11.9 Å². The molecule has 0 aromatic rings. The molecule has 1 rings (SSSR count). The first-order valence-electron chi connectivity index (χ1n) is 6.28. The maximum Gasteiger partial charge on any atom is 0.237 e. The third-order valence-corrected chi connectivity index (χ3v) is 3.46. The van der Waals surface area contributed by atoms with E-state index in [-0.39, 0.29) is 12.5 Å². The summed E-state index contributed by atoms with van der Waals surface area (Å²) in [7, 11) is 1.76. The third kappa shape index (κ3) is 4.26. The molecule has 1 aliphatic heterocycles. The third-order valence-electron chi connectivity index (χ3n) is 3.46. The van der Waals surface area contributed by atoms with E-state index < -0.39 is 5.54 Å². The molecule has 17 heavy (non-hydrogen) atoms. The number of aliphatic hydroxyl groups excluding tert-OH is 1. The van der Waals surface area contributed by atoms with Crippen molar-refractivity contribution in [3.8, 4) is 0 Å². The highest BCUT2D eigenvalue weighted by Crippen LogP contribution is 2.11. The van der Waals surface area contributed by atoms with Crippen LogP contribution >= 0.6 is 0 Å². The molecule has 0 spiro atoms. The lowest BCUT2D eigenvalue weighted by Crippen LogP contribution is -2.51. The zero-order valence-corrected chi connectivity index (χ0v) is 11.2. The van der Waals surface area contributed by atoms with Crippen LogP contribution in [0.2, 0.25) is 0 Å². The molecule has 0 saturated carbocycles. The second-order valence-electron chi connectivity index (χ2n) is 5.30. The second kappa shape index (κ2) is 6.33. The first-order valence-corrected chi connectivity index (χ1v) is 6.28. The van der Waals surface area contributed by atoms with Gasteiger partial charge in [0.15, 0.2) is 0 Å². The van der Waals surface area contributed by atoms with Gasteiger partial charge in [0.05, 0.1) is 18.7 Å². The van der Waals surface area contributed by atoms with E-state index in [9.17, 15) is 9.90 Å². The molecule has 1 fully saturated rings. The van der Waals surface area contributed by atoms with E-state index in [0.29, 0.717) is 6.54 Å². The number of hydrogen-bond donors (Lipinski definition) is 2. The predicted molar refractivity (Wildman–Crippen MR) is 67.9 cm³/mol. The van der Waals surface area contributed by atoms with Gasteiger partial charge >= 0.3 is 0 Å². The van der Waals surface area contributed by atoms with Gasteiger partial charge in [0.1, 0.15) is 0 Å². The number of hydrogen-bond acceptors (Lipinski definition) is 4. The minimum Gasteiger partial charge on any atom is -0.394 e. The fraction of sp³-hybridized carbons (Fsp3) is 0.917. The van der Waals surface area contributed by atoms with Crippen molar-refractivity contribution in [2.75, 3.05) is 46.4 Å². The van der Waals surface area contributed by atoms with E-state index in [2.05, 4.69) is 10.2 Å². The normalized spacial score (nSPS) is 18.8. The van der Waals surface area contributed by atoms with Gasteiger partial charge in [-0.25, -0.2) is 0 Å². The van der Waals surface area contributed by atoms with Crippen LogP contribution < -0.4 is 5.32 Å². The average Bonchev–Trinajstić information content (AvgIpc) is 2.56. The van der Waals surface area contributed by atoms with Crippen molar-refractivity contribution in [3.63, 3.8) is 0 Å². The Balaban J connectivity index is 2.47. The molecule has 1 saturated heterocycles. The van der Waals surface area contributed by atoms with Gasteiger partial charge in [0.25, 0.3) is 0 Å².